The first-order valence-electron chi connectivity index (χ1n) is 10.7. The van der Waals surface area contributed by atoms with E-state index in [-0.39, 0.29) is 30.7 Å². The second-order valence-electron chi connectivity index (χ2n) is 8.40. The number of rotatable bonds is 8. The van der Waals surface area contributed by atoms with Crippen LogP contribution in [0.1, 0.15) is 23.7 Å². The van der Waals surface area contributed by atoms with Gasteiger partial charge >= 0.3 is 6.36 Å². The van der Waals surface area contributed by atoms with Gasteiger partial charge in [0.2, 0.25) is 5.82 Å². The molecule has 35 heavy (non-hydrogen) atoms. The summed E-state index contributed by atoms with van der Waals surface area (Å²) in [7, 11) is 0. The molecule has 0 aliphatic rings. The van der Waals surface area contributed by atoms with Gasteiger partial charge in [0.05, 0.1) is 19.8 Å². The Hall–Kier alpha value is -3.70. The molecule has 0 saturated heterocycles. The lowest BCUT2D eigenvalue weighted by Crippen LogP contribution is -2.31. The predicted molar refractivity (Wildman–Crippen MR) is 119 cm³/mol. The predicted octanol–water partition coefficient (Wildman–Crippen LogP) is 4.10. The Morgan fingerprint density at radius 2 is 1.74 bits per heavy atom. The number of hydrogen-bond donors (Lipinski definition) is 2. The van der Waals surface area contributed by atoms with Crippen LogP contribution in [0.3, 0.4) is 0 Å². The fourth-order valence-electron chi connectivity index (χ4n) is 3.48. The molecule has 4 rings (SSSR count). The van der Waals surface area contributed by atoms with Crippen LogP contribution in [0.25, 0.3) is 23.0 Å². The van der Waals surface area contributed by atoms with E-state index in [9.17, 15) is 23.4 Å². The quantitative estimate of drug-likeness (QED) is 0.385. The third-order valence-corrected chi connectivity index (χ3v) is 5.63. The largest absolute Gasteiger partial charge is 0.573 e. The number of aromatic nitrogens is 4. The number of alkyl halides is 3. The number of ether oxygens (including phenoxy) is 1. The van der Waals surface area contributed by atoms with Gasteiger partial charge in [-0.15, -0.1) is 13.2 Å². The van der Waals surface area contributed by atoms with Gasteiger partial charge in [-0.25, -0.2) is 0 Å². The van der Waals surface area contributed by atoms with Crippen LogP contribution in [-0.2, 0) is 12.0 Å². The van der Waals surface area contributed by atoms with Gasteiger partial charge in [0.1, 0.15) is 5.75 Å². The average molecular weight is 488 g/mol. The zero-order valence-corrected chi connectivity index (χ0v) is 19.0. The maximum atomic E-state index is 12.3. The minimum Gasteiger partial charge on any atom is -0.406 e. The molecule has 8 nitrogen and oxygen atoms in total. The van der Waals surface area contributed by atoms with Gasteiger partial charge in [-0.1, -0.05) is 36.3 Å². The first-order valence-corrected chi connectivity index (χ1v) is 10.7. The van der Waals surface area contributed by atoms with E-state index in [0.717, 1.165) is 16.8 Å². The number of halogens is 3. The Morgan fingerprint density at radius 1 is 1.03 bits per heavy atom. The SMILES string of the molecule is Cc1cc(-c2nc(-c3ccc(OC(F)(F)F)cc3)no2)nn1Cc1cccc(C(C)(CO)CO)c1. The Kier molecular flexibility index (Phi) is 6.64. The third-order valence-electron chi connectivity index (χ3n) is 5.63. The number of benzene rings is 2. The normalized spacial score (nSPS) is 12.2. The van der Waals surface area contributed by atoms with E-state index in [2.05, 4.69) is 20.0 Å². The third kappa shape index (κ3) is 5.52. The molecule has 184 valence electrons. The van der Waals surface area contributed by atoms with E-state index in [0.29, 0.717) is 17.8 Å². The average Bonchev–Trinajstić information content (AvgIpc) is 3.45. The van der Waals surface area contributed by atoms with E-state index in [1.54, 1.807) is 17.7 Å². The van der Waals surface area contributed by atoms with Crippen molar-refractivity contribution >= 4 is 0 Å². The molecule has 11 heteroatoms. The zero-order valence-electron chi connectivity index (χ0n) is 19.0. The van der Waals surface area contributed by atoms with Gasteiger partial charge in [-0.3, -0.25) is 4.68 Å². The van der Waals surface area contributed by atoms with Gasteiger partial charge in [0.25, 0.3) is 5.89 Å². The molecule has 2 aromatic heterocycles. The van der Waals surface area contributed by atoms with Crippen molar-refractivity contribution in [1.82, 2.24) is 19.9 Å². The molecule has 0 unspecified atom stereocenters. The molecule has 2 heterocycles. The van der Waals surface area contributed by atoms with E-state index < -0.39 is 11.8 Å². The van der Waals surface area contributed by atoms with Crippen LogP contribution in [0.2, 0.25) is 0 Å². The molecule has 0 aliphatic heterocycles. The van der Waals surface area contributed by atoms with Gasteiger partial charge < -0.3 is 19.5 Å². The molecule has 0 aliphatic carbocycles. The Bertz CT molecular complexity index is 1290. The summed E-state index contributed by atoms with van der Waals surface area (Å²) in [6.07, 6.45) is -4.77. The molecule has 0 radical (unpaired) electrons. The minimum atomic E-state index is -4.77. The number of aryl methyl sites for hydroxylation is 1. The van der Waals surface area contributed by atoms with Crippen molar-refractivity contribution < 1.29 is 32.6 Å². The highest BCUT2D eigenvalue weighted by atomic mass is 19.4. The summed E-state index contributed by atoms with van der Waals surface area (Å²) >= 11 is 0. The molecule has 0 fully saturated rings. The van der Waals surface area contributed by atoms with E-state index in [4.69, 9.17) is 4.52 Å². The van der Waals surface area contributed by atoms with Crippen LogP contribution < -0.4 is 4.74 Å². The van der Waals surface area contributed by atoms with Gasteiger partial charge in [-0.2, -0.15) is 10.1 Å². The first-order chi connectivity index (χ1) is 16.6. The Morgan fingerprint density at radius 3 is 2.40 bits per heavy atom. The standard InChI is InChI=1S/C24H23F3N4O4/c1-15-10-20(29-31(15)12-16-4-3-5-18(11-16)23(2,13-32)14-33)22-28-21(30-35-22)17-6-8-19(9-7-17)34-24(25,26)27/h3-11,32-33H,12-14H2,1-2H3. The van der Waals surface area contributed by atoms with Crippen molar-refractivity contribution in [2.24, 2.45) is 0 Å². The summed E-state index contributed by atoms with van der Waals surface area (Å²) in [5.74, 6) is 0.0202. The molecule has 4 aromatic rings. The van der Waals surface area contributed by atoms with Crippen molar-refractivity contribution in [3.8, 4) is 28.7 Å². The fraction of sp³-hybridized carbons (Fsp3) is 0.292. The number of nitrogens with zero attached hydrogens (tertiary/aromatic N) is 4. The smallest absolute Gasteiger partial charge is 0.406 e. The van der Waals surface area contributed by atoms with Crippen LogP contribution in [0.15, 0.2) is 59.1 Å². The van der Waals surface area contributed by atoms with Crippen LogP contribution in [0, 0.1) is 6.92 Å². The van der Waals surface area contributed by atoms with Crippen LogP contribution in [0.4, 0.5) is 13.2 Å². The Balaban J connectivity index is 1.52. The van der Waals surface area contributed by atoms with Crippen molar-refractivity contribution in [3.05, 3.63) is 71.4 Å². The zero-order chi connectivity index (χ0) is 25.2. The number of aliphatic hydroxyl groups excluding tert-OH is 2. The molecular weight excluding hydrogens is 465 g/mol. The summed E-state index contributed by atoms with van der Waals surface area (Å²) in [5, 5.41) is 27.8. The summed E-state index contributed by atoms with van der Waals surface area (Å²) in [6, 6.07) is 14.5. The van der Waals surface area contributed by atoms with E-state index >= 15 is 0 Å². The number of hydrogen-bond acceptors (Lipinski definition) is 7. The summed E-state index contributed by atoms with van der Waals surface area (Å²) in [6.45, 7) is 3.73. The first kappa shape index (κ1) is 24.4. The monoisotopic (exact) mass is 488 g/mol. The van der Waals surface area contributed by atoms with Gasteiger partial charge in [0, 0.05) is 16.7 Å². The highest BCUT2D eigenvalue weighted by Gasteiger charge is 2.31. The van der Waals surface area contributed by atoms with Crippen molar-refractivity contribution in [2.45, 2.75) is 32.2 Å². The molecule has 2 N–H and O–H groups in total. The lowest BCUT2D eigenvalue weighted by atomic mass is 9.83. The topological polar surface area (TPSA) is 106 Å². The fourth-order valence-corrected chi connectivity index (χ4v) is 3.48. The molecule has 0 amide bonds. The second-order valence-corrected chi connectivity index (χ2v) is 8.40. The van der Waals surface area contributed by atoms with E-state index in [1.807, 2.05) is 31.2 Å². The van der Waals surface area contributed by atoms with Crippen molar-refractivity contribution in [2.75, 3.05) is 13.2 Å². The highest BCUT2D eigenvalue weighted by molar-refractivity contribution is 5.59. The lowest BCUT2D eigenvalue weighted by Gasteiger charge is -2.25. The molecule has 0 saturated carbocycles. The molecule has 0 atom stereocenters. The number of aliphatic hydroxyl groups is 2. The summed E-state index contributed by atoms with van der Waals surface area (Å²) in [5.41, 5.74) is 2.74. The highest BCUT2D eigenvalue weighted by Crippen LogP contribution is 2.28. The van der Waals surface area contributed by atoms with E-state index in [1.165, 1.54) is 24.3 Å². The molecule has 2 aromatic carbocycles. The Labute approximate surface area is 198 Å². The lowest BCUT2D eigenvalue weighted by molar-refractivity contribution is -0.274. The summed E-state index contributed by atoms with van der Waals surface area (Å²) < 4.78 is 48.0. The maximum absolute atomic E-state index is 12.3. The van der Waals surface area contributed by atoms with Crippen molar-refractivity contribution in [1.29, 1.82) is 0 Å². The maximum Gasteiger partial charge on any atom is 0.573 e. The second kappa shape index (κ2) is 9.51. The van der Waals surface area contributed by atoms with Crippen molar-refractivity contribution in [3.63, 3.8) is 0 Å². The minimum absolute atomic E-state index is 0.166. The van der Waals surface area contributed by atoms with Crippen LogP contribution in [-0.4, -0.2) is 49.7 Å². The molecule has 0 bridgehead atoms. The van der Waals surface area contributed by atoms with Crippen LogP contribution in [0.5, 0.6) is 5.75 Å². The van der Waals surface area contributed by atoms with Crippen LogP contribution >= 0.6 is 0 Å². The molecular formula is C24H23F3N4O4. The van der Waals surface area contributed by atoms with Gasteiger partial charge in [0.15, 0.2) is 5.69 Å². The summed E-state index contributed by atoms with van der Waals surface area (Å²) in [4.78, 5) is 4.31. The van der Waals surface area contributed by atoms with Gasteiger partial charge in [-0.05, 0) is 48.4 Å². The molecule has 0 spiro atoms.